The number of hydrogen-bond donors (Lipinski definition) is 1. The summed E-state index contributed by atoms with van der Waals surface area (Å²) in [6.07, 6.45) is 3.36. The van der Waals surface area contributed by atoms with Crippen LogP contribution in [-0.4, -0.2) is 15.9 Å². The summed E-state index contributed by atoms with van der Waals surface area (Å²) in [6, 6.07) is 8.58. The van der Waals surface area contributed by atoms with Gasteiger partial charge in [-0.15, -0.1) is 0 Å². The molecule has 0 saturated heterocycles. The molecule has 0 radical (unpaired) electrons. The predicted molar refractivity (Wildman–Crippen MR) is 73.6 cm³/mol. The van der Waals surface area contributed by atoms with Gasteiger partial charge in [-0.05, 0) is 42.3 Å². The summed E-state index contributed by atoms with van der Waals surface area (Å²) in [4.78, 5) is 3.76. The van der Waals surface area contributed by atoms with Gasteiger partial charge in [-0.1, -0.05) is 12.1 Å². The minimum absolute atomic E-state index is 0.249. The second-order valence-electron chi connectivity index (χ2n) is 4.22. The standard InChI is InChI=1S/C15H15FN2O2/c1-2-15(18-19)12-3-5-14(6-4-12)20-10-11-7-13(16)9-17-8-11/h3-9,19H,2,10H2,1H3/b18-15-. The normalized spacial score (nSPS) is 11.4. The van der Waals surface area contributed by atoms with E-state index in [0.29, 0.717) is 23.4 Å². The summed E-state index contributed by atoms with van der Waals surface area (Å²) in [5.74, 6) is 0.277. The van der Waals surface area contributed by atoms with Crippen LogP contribution < -0.4 is 4.74 Å². The Morgan fingerprint density at radius 3 is 2.65 bits per heavy atom. The van der Waals surface area contributed by atoms with Crippen molar-refractivity contribution in [1.29, 1.82) is 0 Å². The van der Waals surface area contributed by atoms with E-state index in [1.54, 1.807) is 18.3 Å². The third kappa shape index (κ3) is 3.54. The molecule has 0 spiro atoms. The maximum absolute atomic E-state index is 13.0. The molecule has 5 heteroatoms. The van der Waals surface area contributed by atoms with Crippen LogP contribution in [0.1, 0.15) is 24.5 Å². The van der Waals surface area contributed by atoms with Gasteiger partial charge in [0.15, 0.2) is 0 Å². The van der Waals surface area contributed by atoms with Crippen molar-refractivity contribution in [3.8, 4) is 5.75 Å². The van der Waals surface area contributed by atoms with E-state index in [1.165, 1.54) is 6.07 Å². The third-order valence-electron chi connectivity index (χ3n) is 2.81. The van der Waals surface area contributed by atoms with Crippen molar-refractivity contribution in [2.45, 2.75) is 20.0 Å². The van der Waals surface area contributed by atoms with Crippen LogP contribution >= 0.6 is 0 Å². The molecule has 2 rings (SSSR count). The molecule has 1 aromatic heterocycles. The summed E-state index contributed by atoms with van der Waals surface area (Å²) in [7, 11) is 0. The van der Waals surface area contributed by atoms with Gasteiger partial charge in [0.05, 0.1) is 11.9 Å². The summed E-state index contributed by atoms with van der Waals surface area (Å²) in [6.45, 7) is 2.16. The van der Waals surface area contributed by atoms with Crippen molar-refractivity contribution in [1.82, 2.24) is 4.98 Å². The van der Waals surface area contributed by atoms with Gasteiger partial charge in [0.25, 0.3) is 0 Å². The Hall–Kier alpha value is -2.43. The van der Waals surface area contributed by atoms with Crippen LogP contribution in [0.15, 0.2) is 47.9 Å². The first-order valence-electron chi connectivity index (χ1n) is 6.26. The highest BCUT2D eigenvalue weighted by Gasteiger charge is 2.03. The van der Waals surface area contributed by atoms with Crippen molar-refractivity contribution in [2.75, 3.05) is 0 Å². The van der Waals surface area contributed by atoms with Crippen LogP contribution in [0.4, 0.5) is 4.39 Å². The molecule has 0 aliphatic rings. The molecule has 0 atom stereocenters. The Balaban J connectivity index is 2.01. The number of nitrogens with zero attached hydrogens (tertiary/aromatic N) is 2. The lowest BCUT2D eigenvalue weighted by atomic mass is 10.1. The summed E-state index contributed by atoms with van der Waals surface area (Å²) in [5.41, 5.74) is 2.13. The van der Waals surface area contributed by atoms with E-state index in [1.807, 2.05) is 19.1 Å². The van der Waals surface area contributed by atoms with Crippen LogP contribution in [-0.2, 0) is 6.61 Å². The highest BCUT2D eigenvalue weighted by Crippen LogP contribution is 2.15. The Kier molecular flexibility index (Phi) is 4.65. The fourth-order valence-corrected chi connectivity index (χ4v) is 1.78. The van der Waals surface area contributed by atoms with Crippen LogP contribution in [0.25, 0.3) is 0 Å². The maximum atomic E-state index is 13.0. The lowest BCUT2D eigenvalue weighted by Gasteiger charge is -2.07. The number of halogens is 1. The molecule has 0 fully saturated rings. The van der Waals surface area contributed by atoms with Crippen LogP contribution in [0, 0.1) is 5.82 Å². The SMILES string of the molecule is CC/C(=N/O)c1ccc(OCc2cncc(F)c2)cc1. The molecule has 0 unspecified atom stereocenters. The monoisotopic (exact) mass is 274 g/mol. The molecule has 0 bridgehead atoms. The molecule has 0 saturated carbocycles. The van der Waals surface area contributed by atoms with Gasteiger partial charge in [0, 0.05) is 11.8 Å². The molecular formula is C15H15FN2O2. The van der Waals surface area contributed by atoms with Crippen LogP contribution in [0.3, 0.4) is 0 Å². The number of hydrogen-bond acceptors (Lipinski definition) is 4. The number of benzene rings is 1. The van der Waals surface area contributed by atoms with Gasteiger partial charge in [0.2, 0.25) is 0 Å². The van der Waals surface area contributed by atoms with Crippen molar-refractivity contribution >= 4 is 5.71 Å². The van der Waals surface area contributed by atoms with E-state index in [2.05, 4.69) is 10.1 Å². The van der Waals surface area contributed by atoms with Gasteiger partial charge in [-0.2, -0.15) is 0 Å². The minimum atomic E-state index is -0.381. The molecule has 1 aromatic carbocycles. The van der Waals surface area contributed by atoms with Crippen LogP contribution in [0.2, 0.25) is 0 Å². The highest BCUT2D eigenvalue weighted by molar-refractivity contribution is 6.00. The number of pyridine rings is 1. The molecule has 0 amide bonds. The van der Waals surface area contributed by atoms with Crippen molar-refractivity contribution in [3.63, 3.8) is 0 Å². The molecule has 1 heterocycles. The largest absolute Gasteiger partial charge is 0.489 e. The highest BCUT2D eigenvalue weighted by atomic mass is 19.1. The smallest absolute Gasteiger partial charge is 0.141 e. The first-order valence-corrected chi connectivity index (χ1v) is 6.26. The summed E-state index contributed by atoms with van der Waals surface area (Å²) >= 11 is 0. The average Bonchev–Trinajstić information content (AvgIpc) is 2.48. The second-order valence-corrected chi connectivity index (χ2v) is 4.22. The summed E-state index contributed by atoms with van der Waals surface area (Å²) < 4.78 is 18.5. The van der Waals surface area contributed by atoms with Gasteiger partial charge in [0.1, 0.15) is 18.2 Å². The zero-order chi connectivity index (χ0) is 14.4. The van der Waals surface area contributed by atoms with Gasteiger partial charge in [-0.3, -0.25) is 4.98 Å². The number of ether oxygens (including phenoxy) is 1. The fraction of sp³-hybridized carbons (Fsp3) is 0.200. The van der Waals surface area contributed by atoms with Crippen molar-refractivity contribution < 1.29 is 14.3 Å². The predicted octanol–water partition coefficient (Wildman–Crippen LogP) is 3.39. The Labute approximate surface area is 116 Å². The lowest BCUT2D eigenvalue weighted by molar-refractivity contribution is 0.305. The topological polar surface area (TPSA) is 54.7 Å². The maximum Gasteiger partial charge on any atom is 0.141 e. The number of aromatic nitrogens is 1. The zero-order valence-electron chi connectivity index (χ0n) is 11.1. The van der Waals surface area contributed by atoms with E-state index in [9.17, 15) is 4.39 Å². The number of rotatable bonds is 5. The van der Waals surface area contributed by atoms with Gasteiger partial charge in [-0.25, -0.2) is 4.39 Å². The Bertz CT molecular complexity index is 597. The van der Waals surface area contributed by atoms with Crippen molar-refractivity contribution in [2.24, 2.45) is 5.16 Å². The lowest BCUT2D eigenvalue weighted by Crippen LogP contribution is -2.00. The quantitative estimate of drug-likeness (QED) is 0.516. The van der Waals surface area contributed by atoms with E-state index >= 15 is 0 Å². The van der Waals surface area contributed by atoms with Crippen molar-refractivity contribution in [3.05, 3.63) is 59.7 Å². The van der Waals surface area contributed by atoms with Gasteiger partial charge < -0.3 is 9.94 Å². The van der Waals surface area contributed by atoms with Crippen LogP contribution in [0.5, 0.6) is 5.75 Å². The zero-order valence-corrected chi connectivity index (χ0v) is 11.1. The molecule has 4 nitrogen and oxygen atoms in total. The molecule has 2 aromatic rings. The first kappa shape index (κ1) is 14.0. The van der Waals surface area contributed by atoms with Gasteiger partial charge >= 0.3 is 0 Å². The first-order chi connectivity index (χ1) is 9.72. The Morgan fingerprint density at radius 2 is 2.05 bits per heavy atom. The van der Waals surface area contributed by atoms with E-state index in [0.717, 1.165) is 11.8 Å². The molecule has 0 aliphatic heterocycles. The molecule has 1 N–H and O–H groups in total. The third-order valence-corrected chi connectivity index (χ3v) is 2.81. The molecule has 0 aliphatic carbocycles. The molecule has 20 heavy (non-hydrogen) atoms. The fourth-order valence-electron chi connectivity index (χ4n) is 1.78. The average molecular weight is 274 g/mol. The van der Waals surface area contributed by atoms with E-state index in [-0.39, 0.29) is 12.4 Å². The summed E-state index contributed by atoms with van der Waals surface area (Å²) in [5, 5.41) is 12.1. The van der Waals surface area contributed by atoms with E-state index in [4.69, 9.17) is 9.94 Å². The molecule has 104 valence electrons. The van der Waals surface area contributed by atoms with E-state index < -0.39 is 0 Å². The Morgan fingerprint density at radius 1 is 1.30 bits per heavy atom. The second kappa shape index (κ2) is 6.65. The minimum Gasteiger partial charge on any atom is -0.489 e. The molecular weight excluding hydrogens is 259 g/mol. The number of oxime groups is 1.